The molecule has 3 atom stereocenters. The van der Waals surface area contributed by atoms with Crippen molar-refractivity contribution in [1.29, 1.82) is 0 Å². The number of hydrogen-bond acceptors (Lipinski definition) is 24. The number of rotatable bonds is 47. The SMILES string of the molecule is COc1cc2c(cc1OCc1cc(COc3cc4c(cc3OC)C(=O)NCc3ccccc3CC/C=N\4)cc(N(C)C(=O)OCc3ccc(NC(=O)[C@H](C)NC(=O)[C@@H](NC(=O)CCOCCOCCOCCOCCOCCOCCOCCOCCNC(=O)CCN4C(=O)C=CC4=O)C(C)C)cc3)c1)N=CC1Cc3ccccc3CN1C2=O. The molecular weight excluding hydrogens is 1540 g/mol. The minimum atomic E-state index is -0.996. The first-order chi connectivity index (χ1) is 57.8. The van der Waals surface area contributed by atoms with Crippen molar-refractivity contribution in [3.8, 4) is 23.0 Å². The fourth-order valence-corrected chi connectivity index (χ4v) is 12.9. The van der Waals surface area contributed by atoms with E-state index in [2.05, 4.69) is 32.7 Å². The summed E-state index contributed by atoms with van der Waals surface area (Å²) in [5.41, 5.74) is 8.56. The Hall–Kier alpha value is -11.5. The van der Waals surface area contributed by atoms with Gasteiger partial charge in [-0.2, -0.15) is 0 Å². The molecule has 32 heteroatoms. The Balaban J connectivity index is 0.611. The Labute approximate surface area is 691 Å². The maximum atomic E-state index is 14.2. The van der Waals surface area contributed by atoms with Gasteiger partial charge in [-0.05, 0) is 114 Å². The lowest BCUT2D eigenvalue weighted by molar-refractivity contribution is -0.137. The molecule has 5 N–H and O–H groups in total. The van der Waals surface area contributed by atoms with Crippen molar-refractivity contribution >= 4 is 88.5 Å². The summed E-state index contributed by atoms with van der Waals surface area (Å²) >= 11 is 0. The molecule has 0 bridgehead atoms. The molecule has 0 aliphatic carbocycles. The van der Waals surface area contributed by atoms with Crippen LogP contribution in [0.3, 0.4) is 0 Å². The number of nitrogens with one attached hydrogen (secondary N) is 5. The van der Waals surface area contributed by atoms with Crippen LogP contribution in [0.25, 0.3) is 0 Å². The summed E-state index contributed by atoms with van der Waals surface area (Å²) in [6.45, 7) is 11.4. The van der Waals surface area contributed by atoms with Gasteiger partial charge in [-0.1, -0.05) is 74.5 Å². The van der Waals surface area contributed by atoms with E-state index in [1.807, 2.05) is 59.6 Å². The number of carbonyl (C=O) groups excluding carboxylic acids is 9. The Bertz CT molecular complexity index is 4450. The summed E-state index contributed by atoms with van der Waals surface area (Å²) in [6, 6.07) is 32.6. The highest BCUT2D eigenvalue weighted by molar-refractivity contribution is 6.13. The number of fused-ring (bicyclic) bond motifs is 5. The molecule has 119 heavy (non-hydrogen) atoms. The van der Waals surface area contributed by atoms with Gasteiger partial charge in [0.15, 0.2) is 23.0 Å². The quantitative estimate of drug-likeness (QED) is 0.0178. The third kappa shape index (κ3) is 27.8. The van der Waals surface area contributed by atoms with Crippen LogP contribution in [0.5, 0.6) is 23.0 Å². The number of aliphatic imine (C=N–C) groups is 2. The van der Waals surface area contributed by atoms with Gasteiger partial charge in [0.05, 0.1) is 148 Å². The summed E-state index contributed by atoms with van der Waals surface area (Å²) in [5, 5.41) is 14.0. The van der Waals surface area contributed by atoms with Gasteiger partial charge in [-0.3, -0.25) is 58.1 Å². The molecule has 0 spiro atoms. The summed E-state index contributed by atoms with van der Waals surface area (Å²) in [5.74, 6) is -2.14. The lowest BCUT2D eigenvalue weighted by Gasteiger charge is -2.34. The van der Waals surface area contributed by atoms with Gasteiger partial charge >= 0.3 is 6.09 Å². The lowest BCUT2D eigenvalue weighted by atomic mass is 9.94. The highest BCUT2D eigenvalue weighted by atomic mass is 16.6. The van der Waals surface area contributed by atoms with Crippen LogP contribution in [0.1, 0.15) is 99.7 Å². The van der Waals surface area contributed by atoms with Crippen LogP contribution < -0.4 is 50.4 Å². The second-order valence-corrected chi connectivity index (χ2v) is 28.4. The third-order valence-electron chi connectivity index (χ3n) is 19.5. The van der Waals surface area contributed by atoms with Crippen LogP contribution in [0.15, 0.2) is 137 Å². The Kier molecular flexibility index (Phi) is 35.6. The zero-order valence-electron chi connectivity index (χ0n) is 68.1. The molecular formula is C87H106N10O22. The van der Waals surface area contributed by atoms with Gasteiger partial charge in [0.1, 0.15) is 31.9 Å². The fraction of sp³-hybridized carbons (Fsp3) is 0.437. The molecule has 9 amide bonds. The van der Waals surface area contributed by atoms with Gasteiger partial charge in [-0.15, -0.1) is 0 Å². The molecule has 4 heterocycles. The second kappa shape index (κ2) is 47.2. The van der Waals surface area contributed by atoms with Crippen molar-refractivity contribution in [2.24, 2.45) is 15.9 Å². The molecule has 0 radical (unpaired) electrons. The first kappa shape index (κ1) is 89.8. The van der Waals surface area contributed by atoms with Crippen molar-refractivity contribution in [2.75, 3.05) is 150 Å². The lowest BCUT2D eigenvalue weighted by Crippen LogP contribution is -2.53. The average Bonchev–Trinajstić information content (AvgIpc) is 1.69. The van der Waals surface area contributed by atoms with Crippen LogP contribution in [0.4, 0.5) is 27.5 Å². The molecule has 4 aliphatic rings. The minimum absolute atomic E-state index is 0.0119. The fourth-order valence-electron chi connectivity index (χ4n) is 12.9. The number of amides is 9. The molecule has 0 saturated carbocycles. The van der Waals surface area contributed by atoms with Crippen molar-refractivity contribution in [3.63, 3.8) is 0 Å². The van der Waals surface area contributed by atoms with E-state index < -0.39 is 47.7 Å². The highest BCUT2D eigenvalue weighted by Gasteiger charge is 2.34. The van der Waals surface area contributed by atoms with E-state index in [1.54, 1.807) is 87.8 Å². The molecule has 10 rings (SSSR count). The Morgan fingerprint density at radius 3 is 1.66 bits per heavy atom. The number of nitrogens with zero attached hydrogens (tertiary/aromatic N) is 5. The number of anilines is 2. The van der Waals surface area contributed by atoms with Gasteiger partial charge in [0.2, 0.25) is 23.6 Å². The minimum Gasteiger partial charge on any atom is -0.493 e. The summed E-state index contributed by atoms with van der Waals surface area (Å²) in [6.07, 6.45) is 7.27. The molecule has 6 aromatic rings. The zero-order valence-corrected chi connectivity index (χ0v) is 68.1. The van der Waals surface area contributed by atoms with Gasteiger partial charge < -0.3 is 93.1 Å². The first-order valence-corrected chi connectivity index (χ1v) is 39.8. The van der Waals surface area contributed by atoms with E-state index in [0.717, 1.165) is 28.0 Å². The number of benzene rings is 6. The Morgan fingerprint density at radius 2 is 1.08 bits per heavy atom. The second-order valence-electron chi connectivity index (χ2n) is 28.4. The van der Waals surface area contributed by atoms with Gasteiger partial charge in [0.25, 0.3) is 23.6 Å². The molecule has 0 fully saturated rings. The maximum absolute atomic E-state index is 14.2. The van der Waals surface area contributed by atoms with E-state index in [0.29, 0.717) is 192 Å². The number of carbonyl (C=O) groups is 9. The van der Waals surface area contributed by atoms with E-state index in [-0.39, 0.29) is 88.7 Å². The third-order valence-corrected chi connectivity index (χ3v) is 19.5. The predicted octanol–water partition coefficient (Wildman–Crippen LogP) is 8.03. The van der Waals surface area contributed by atoms with Crippen LogP contribution in [-0.2, 0) is 117 Å². The zero-order chi connectivity index (χ0) is 84.3. The maximum Gasteiger partial charge on any atom is 0.414 e. The number of imide groups is 1. The monoisotopic (exact) mass is 1640 g/mol. The van der Waals surface area contributed by atoms with Crippen molar-refractivity contribution in [1.82, 2.24) is 31.1 Å². The van der Waals surface area contributed by atoms with Crippen LogP contribution in [-0.4, -0.2) is 234 Å². The van der Waals surface area contributed by atoms with Crippen molar-refractivity contribution in [2.45, 2.75) is 104 Å². The van der Waals surface area contributed by atoms with Gasteiger partial charge in [0, 0.05) is 94.2 Å². The summed E-state index contributed by atoms with van der Waals surface area (Å²) < 4.78 is 74.7. The van der Waals surface area contributed by atoms with Crippen LogP contribution >= 0.6 is 0 Å². The van der Waals surface area contributed by atoms with E-state index in [9.17, 15) is 43.2 Å². The number of methoxy groups -OCH3 is 2. The molecule has 0 saturated heterocycles. The van der Waals surface area contributed by atoms with Crippen molar-refractivity contribution < 1.29 is 105 Å². The topological polar surface area (TPSA) is 368 Å². The molecule has 0 aromatic heterocycles. The molecule has 1 unspecified atom stereocenters. The summed E-state index contributed by atoms with van der Waals surface area (Å²) in [7, 11) is 4.56. The first-order valence-electron chi connectivity index (χ1n) is 39.8. The van der Waals surface area contributed by atoms with E-state index >= 15 is 0 Å². The average molecular weight is 1640 g/mol. The molecule has 32 nitrogen and oxygen atoms in total. The summed E-state index contributed by atoms with van der Waals surface area (Å²) in [4.78, 5) is 131. The highest BCUT2D eigenvalue weighted by Crippen LogP contribution is 2.40. The molecule has 636 valence electrons. The standard InChI is InChI=1S/C87H106N10O22/c1-58(2)82(94-79(99)24-28-109-30-32-111-34-36-113-38-40-115-42-43-116-41-39-114-37-35-112-33-31-110-29-26-89-78(98)23-27-96-80(100)21-22-81(96)101)85(104)92-59(3)83(102)93-67-19-17-60(18-20-67)55-119-87(106)95(4)68-45-61(56-117-76-50-72-70(48-74(76)107-5)84(103)91-52-65-14-9-7-12-63(65)16-11-25-88-72)44-62(46-68)57-118-77-51-73-71(49-75(77)108-6)86(105)97-54-66-15-10-8-13-64(66)47-69(97)53-90-73/h7-10,12-15,17-22,25,44-46,48-51,53,58-59,69,82H,11,16,23-24,26-43,47,52,54-57H2,1-6H3,(H,89,98)(H,91,103)(H,92,104)(H,93,102)(H,94,99)/b88-25-/t59-,69?,82-/m0/s1. The largest absolute Gasteiger partial charge is 0.493 e. The number of hydrogen-bond donors (Lipinski definition) is 5. The van der Waals surface area contributed by atoms with Crippen LogP contribution in [0, 0.1) is 5.92 Å². The number of ether oxygens (including phenoxy) is 13. The predicted molar refractivity (Wildman–Crippen MR) is 440 cm³/mol. The molecule has 6 aromatic carbocycles. The van der Waals surface area contributed by atoms with E-state index in [1.165, 1.54) is 43.8 Å². The van der Waals surface area contributed by atoms with Crippen molar-refractivity contribution in [3.05, 3.63) is 177 Å². The normalized spacial score (nSPS) is 14.9. The molecule has 4 aliphatic heterocycles. The number of aryl methyl sites for hydroxylation is 1. The van der Waals surface area contributed by atoms with E-state index in [4.69, 9.17) is 71.6 Å². The Morgan fingerprint density at radius 1 is 0.546 bits per heavy atom. The smallest absolute Gasteiger partial charge is 0.414 e. The van der Waals surface area contributed by atoms with Crippen LogP contribution in [0.2, 0.25) is 0 Å². The van der Waals surface area contributed by atoms with Gasteiger partial charge in [-0.25, -0.2) is 4.79 Å².